The maximum Gasteiger partial charge on any atom is 0.323 e. The average molecular weight is 1100 g/mol. The van der Waals surface area contributed by atoms with Crippen molar-refractivity contribution in [1.29, 1.82) is 0 Å². The lowest BCUT2D eigenvalue weighted by Crippen LogP contribution is -2.45. The van der Waals surface area contributed by atoms with Crippen LogP contribution in [0.4, 0.5) is 0 Å². The molecule has 18 unspecified atom stereocenters. The molecule has 12 saturated heterocycles. The van der Waals surface area contributed by atoms with Gasteiger partial charge in [-0.05, 0) is 107 Å². The Labute approximate surface area is 462 Å². The van der Waals surface area contributed by atoms with E-state index in [1.165, 1.54) is 0 Å². The van der Waals surface area contributed by atoms with Gasteiger partial charge in [0.15, 0.2) is 0 Å². The SMILES string of the molecule is CC1(C)CC2(CC3C=CC2O3)C(=O)O1.CC1(C)CC2(CO1)CC1C=CC2O1.CC1(C)OC(=O)CC12CC1C=CC2O1.CC1(C)OCCC12CC1C=CC2O1.O=C1CC2(CC3C=CC2O3)C(=O)O1.O=C1CC2(CO1)CC1C=CC2O1. The molecule has 0 saturated carbocycles. The number of fused-ring (bicyclic) bond motifs is 18. The molecule has 18 rings (SSSR count). The van der Waals surface area contributed by atoms with E-state index >= 15 is 0 Å². The first-order valence-corrected chi connectivity index (χ1v) is 29.0. The largest absolute Gasteiger partial charge is 0.465 e. The van der Waals surface area contributed by atoms with Crippen molar-refractivity contribution in [3.8, 4) is 0 Å². The topological polar surface area (TPSA) is 196 Å². The molecule has 18 aliphatic rings. The Morgan fingerprint density at radius 3 is 1.25 bits per heavy atom. The lowest BCUT2D eigenvalue weighted by molar-refractivity contribution is -0.156. The standard InChI is InChI=1S/2C11H14O3.2C11H16O2.C9H8O4.C9H10O3/c1-10(2)6-11(9(12)14-10)5-7-3-4-8(11)13-7;1-10(2)11(6-9(12)14-10)5-7-3-4-8(11)13-7;1-10(2)6-11(7-12-10)5-8-3-4-9(11)13-8;1-10(2)11(5-6-12-10)7-8-3-4-9(11)13-8;10-7-4-9(8(11)13-7)3-5-1-2-6(9)12-5;10-8-4-9(5-11-8)3-6-1-2-7(9)12-6/h2*3-4,7-8H,5-6H2,1-2H3;2*3-4,8-9H,5-7H2,1-2H3;1-2,5-6H,3-4H2;1-2,6-7H,3-5H2. The van der Waals surface area contributed by atoms with Crippen molar-refractivity contribution >= 4 is 29.8 Å². The molecular formula is C62H78O17. The molecule has 0 aromatic heterocycles. The van der Waals surface area contributed by atoms with Crippen molar-refractivity contribution in [3.05, 3.63) is 72.9 Å². The van der Waals surface area contributed by atoms with Crippen LogP contribution < -0.4 is 0 Å². The fourth-order valence-corrected chi connectivity index (χ4v) is 17.1. The summed E-state index contributed by atoms with van der Waals surface area (Å²) in [5.41, 5.74) is -1.24. The molecule has 0 amide bonds. The Morgan fingerprint density at radius 2 is 0.899 bits per heavy atom. The van der Waals surface area contributed by atoms with E-state index < -0.39 is 17.4 Å². The summed E-state index contributed by atoms with van der Waals surface area (Å²) >= 11 is 0. The molecule has 17 heteroatoms. The van der Waals surface area contributed by atoms with Crippen LogP contribution in [0.5, 0.6) is 0 Å². The van der Waals surface area contributed by atoms with Gasteiger partial charge in [-0.15, -0.1) is 0 Å². The number of ether oxygens (including phenoxy) is 12. The third-order valence-electron chi connectivity index (χ3n) is 21.2. The Kier molecular flexibility index (Phi) is 12.5. The number of carbonyl (C=O) groups is 5. The van der Waals surface area contributed by atoms with Crippen LogP contribution in [0.2, 0.25) is 0 Å². The fourth-order valence-electron chi connectivity index (χ4n) is 17.1. The van der Waals surface area contributed by atoms with Crippen LogP contribution >= 0.6 is 0 Å². The Balaban J connectivity index is 0.0000000899. The highest BCUT2D eigenvalue weighted by molar-refractivity contribution is 5.98. The van der Waals surface area contributed by atoms with Crippen molar-refractivity contribution < 1.29 is 80.8 Å². The monoisotopic (exact) mass is 1090 g/mol. The van der Waals surface area contributed by atoms with Crippen LogP contribution in [0, 0.1) is 32.5 Å². The molecule has 17 nitrogen and oxygen atoms in total. The van der Waals surface area contributed by atoms with Gasteiger partial charge in [-0.1, -0.05) is 72.9 Å². The van der Waals surface area contributed by atoms with Gasteiger partial charge in [0, 0.05) is 29.3 Å². The smallest absolute Gasteiger partial charge is 0.323 e. The quantitative estimate of drug-likeness (QED) is 0.100. The normalized spacial score (nSPS) is 48.8. The van der Waals surface area contributed by atoms with E-state index in [4.69, 9.17) is 52.1 Å². The first-order valence-electron chi connectivity index (χ1n) is 29.0. The van der Waals surface area contributed by atoms with E-state index in [9.17, 15) is 24.0 Å². The molecule has 18 heterocycles. The van der Waals surface area contributed by atoms with Crippen molar-refractivity contribution in [1.82, 2.24) is 0 Å². The molecule has 12 fully saturated rings. The number of esters is 5. The van der Waals surface area contributed by atoms with Crippen LogP contribution in [0.15, 0.2) is 72.9 Å². The van der Waals surface area contributed by atoms with Crippen LogP contribution in [0.1, 0.15) is 132 Å². The Morgan fingerprint density at radius 1 is 0.392 bits per heavy atom. The van der Waals surface area contributed by atoms with E-state index in [0.29, 0.717) is 55.7 Å². The number of rotatable bonds is 0. The number of carbonyl (C=O) groups excluding carboxylic acids is 5. The van der Waals surface area contributed by atoms with Crippen molar-refractivity contribution in [2.75, 3.05) is 19.8 Å². The zero-order valence-corrected chi connectivity index (χ0v) is 46.9. The van der Waals surface area contributed by atoms with Crippen LogP contribution in [-0.4, -0.2) is 145 Å². The van der Waals surface area contributed by atoms with Gasteiger partial charge >= 0.3 is 29.8 Å². The molecule has 0 aliphatic carbocycles. The second-order valence-electron chi connectivity index (χ2n) is 28.1. The molecule has 0 aromatic carbocycles. The molecule has 12 bridgehead atoms. The Hall–Kier alpha value is -4.33. The van der Waals surface area contributed by atoms with Crippen LogP contribution in [0.3, 0.4) is 0 Å². The summed E-state index contributed by atoms with van der Waals surface area (Å²) in [4.78, 5) is 56.7. The van der Waals surface area contributed by atoms with E-state index in [2.05, 4.69) is 87.1 Å². The summed E-state index contributed by atoms with van der Waals surface area (Å²) in [6.07, 6.45) is 36.8. The Bertz CT molecular complexity index is 2750. The molecule has 79 heavy (non-hydrogen) atoms. The third-order valence-corrected chi connectivity index (χ3v) is 21.2. The van der Waals surface area contributed by atoms with Gasteiger partial charge in [-0.2, -0.15) is 0 Å². The minimum absolute atomic E-state index is 0.00280. The maximum atomic E-state index is 11.9. The van der Waals surface area contributed by atoms with E-state index in [-0.39, 0.29) is 117 Å². The fraction of sp³-hybridized carbons (Fsp3) is 0.726. The summed E-state index contributed by atoms with van der Waals surface area (Å²) in [5.74, 6) is -1.05. The molecule has 428 valence electrons. The molecule has 0 aromatic rings. The first kappa shape index (κ1) is 53.9. The highest BCUT2D eigenvalue weighted by atomic mass is 16.6. The molecule has 18 aliphatic heterocycles. The van der Waals surface area contributed by atoms with Gasteiger partial charge in [-0.3, -0.25) is 24.0 Å². The van der Waals surface area contributed by atoms with Gasteiger partial charge in [-0.25, -0.2) is 0 Å². The van der Waals surface area contributed by atoms with Crippen molar-refractivity contribution in [2.24, 2.45) is 32.5 Å². The minimum atomic E-state index is -0.684. The lowest BCUT2D eigenvalue weighted by atomic mass is 9.66. The first-order chi connectivity index (χ1) is 37.3. The zero-order chi connectivity index (χ0) is 55.4. The molecular weight excluding hydrogens is 1020 g/mol. The minimum Gasteiger partial charge on any atom is -0.465 e. The van der Waals surface area contributed by atoms with Gasteiger partial charge in [0.2, 0.25) is 0 Å². The van der Waals surface area contributed by atoms with Crippen molar-refractivity contribution in [3.63, 3.8) is 0 Å². The molecule has 18 atom stereocenters. The number of cyclic esters (lactones) is 5. The lowest BCUT2D eigenvalue weighted by Gasteiger charge is -2.39. The second-order valence-corrected chi connectivity index (χ2v) is 28.1. The van der Waals surface area contributed by atoms with Crippen LogP contribution in [-0.2, 0) is 80.8 Å². The second kappa shape index (κ2) is 18.3. The van der Waals surface area contributed by atoms with Gasteiger partial charge < -0.3 is 56.8 Å². The number of hydrogen-bond acceptors (Lipinski definition) is 17. The predicted molar refractivity (Wildman–Crippen MR) is 279 cm³/mol. The predicted octanol–water partition coefficient (Wildman–Crippen LogP) is 7.47. The summed E-state index contributed by atoms with van der Waals surface area (Å²) in [7, 11) is 0. The zero-order valence-electron chi connectivity index (χ0n) is 46.9. The average Bonchev–Trinajstić information content (AvgIpc) is 4.40. The van der Waals surface area contributed by atoms with Gasteiger partial charge in [0.1, 0.15) is 28.6 Å². The summed E-state index contributed by atoms with van der Waals surface area (Å²) in [5, 5.41) is 0. The third kappa shape index (κ3) is 8.77. The van der Waals surface area contributed by atoms with E-state index in [1.54, 1.807) is 0 Å². The summed E-state index contributed by atoms with van der Waals surface area (Å²) < 4.78 is 66.1. The van der Waals surface area contributed by atoms with Crippen LogP contribution in [0.25, 0.3) is 0 Å². The summed E-state index contributed by atoms with van der Waals surface area (Å²) in [6.45, 7) is 19.0. The summed E-state index contributed by atoms with van der Waals surface area (Å²) in [6, 6.07) is 0. The number of hydrogen-bond donors (Lipinski definition) is 0. The highest BCUT2D eigenvalue weighted by Crippen LogP contribution is 2.60. The van der Waals surface area contributed by atoms with Crippen molar-refractivity contribution in [2.45, 2.75) is 228 Å². The highest BCUT2D eigenvalue weighted by Gasteiger charge is 2.66. The molecule has 0 radical (unpaired) electrons. The van der Waals surface area contributed by atoms with E-state index in [0.717, 1.165) is 64.6 Å². The van der Waals surface area contributed by atoms with Gasteiger partial charge in [0.25, 0.3) is 0 Å². The molecule has 6 spiro atoms. The maximum absolute atomic E-state index is 11.9. The van der Waals surface area contributed by atoms with Gasteiger partial charge in [0.05, 0.1) is 116 Å². The van der Waals surface area contributed by atoms with E-state index in [1.807, 2.05) is 45.9 Å². The molecule has 0 N–H and O–H groups in total.